The second kappa shape index (κ2) is 6.89. The third kappa shape index (κ3) is 4.97. The maximum absolute atomic E-state index is 12.3. The van der Waals surface area contributed by atoms with Crippen LogP contribution in [0.2, 0.25) is 0 Å². The van der Waals surface area contributed by atoms with E-state index in [4.69, 9.17) is 5.73 Å². The number of hydrogen-bond donors (Lipinski definition) is 2. The van der Waals surface area contributed by atoms with Crippen LogP contribution in [0.15, 0.2) is 30.3 Å². The summed E-state index contributed by atoms with van der Waals surface area (Å²) in [6.07, 6.45) is 0.909. The Kier molecular flexibility index (Phi) is 5.75. The molecule has 0 aliphatic rings. The summed E-state index contributed by atoms with van der Waals surface area (Å²) in [7, 11) is 0. The number of nitrogens with two attached hydrogens (primary N) is 1. The molecule has 112 valence electrons. The molecule has 3 nitrogen and oxygen atoms in total. The van der Waals surface area contributed by atoms with Crippen molar-refractivity contribution >= 4 is 5.91 Å². The Balaban J connectivity index is 2.84. The highest BCUT2D eigenvalue weighted by molar-refractivity contribution is 5.82. The summed E-state index contributed by atoms with van der Waals surface area (Å²) in [5.41, 5.74) is 6.94. The van der Waals surface area contributed by atoms with Crippen molar-refractivity contribution in [3.05, 3.63) is 35.9 Å². The Bertz CT molecular complexity index is 420. The van der Waals surface area contributed by atoms with Crippen LogP contribution in [-0.2, 0) is 4.79 Å². The molecule has 0 saturated heterocycles. The first-order chi connectivity index (χ1) is 9.21. The van der Waals surface area contributed by atoms with Crippen molar-refractivity contribution in [2.45, 2.75) is 53.1 Å². The van der Waals surface area contributed by atoms with Gasteiger partial charge in [-0.25, -0.2) is 0 Å². The number of nitrogens with one attached hydrogen (secondary N) is 1. The summed E-state index contributed by atoms with van der Waals surface area (Å²) < 4.78 is 0. The predicted octanol–water partition coefficient (Wildman–Crippen LogP) is 3.26. The Morgan fingerprint density at radius 2 is 1.75 bits per heavy atom. The van der Waals surface area contributed by atoms with Crippen LogP contribution in [0, 0.1) is 11.3 Å². The number of rotatable bonds is 5. The Labute approximate surface area is 122 Å². The molecule has 1 aromatic rings. The fourth-order valence-electron chi connectivity index (χ4n) is 2.09. The number of hydrogen-bond acceptors (Lipinski definition) is 2. The van der Waals surface area contributed by atoms with E-state index in [9.17, 15) is 4.79 Å². The van der Waals surface area contributed by atoms with Crippen molar-refractivity contribution < 1.29 is 4.79 Å². The van der Waals surface area contributed by atoms with Crippen LogP contribution in [0.4, 0.5) is 0 Å². The van der Waals surface area contributed by atoms with Gasteiger partial charge in [0.15, 0.2) is 0 Å². The van der Waals surface area contributed by atoms with Gasteiger partial charge in [0.25, 0.3) is 0 Å². The van der Waals surface area contributed by atoms with Crippen molar-refractivity contribution in [3.63, 3.8) is 0 Å². The van der Waals surface area contributed by atoms with E-state index in [0.29, 0.717) is 5.92 Å². The summed E-state index contributed by atoms with van der Waals surface area (Å²) in [6.45, 7) is 10.3. The van der Waals surface area contributed by atoms with E-state index in [1.165, 1.54) is 0 Å². The third-order valence-electron chi connectivity index (χ3n) is 3.44. The topological polar surface area (TPSA) is 55.1 Å². The molecule has 0 aromatic heterocycles. The Morgan fingerprint density at radius 1 is 1.20 bits per heavy atom. The quantitative estimate of drug-likeness (QED) is 0.867. The first-order valence-corrected chi connectivity index (χ1v) is 7.32. The molecule has 3 heteroatoms. The average molecular weight is 276 g/mol. The van der Waals surface area contributed by atoms with E-state index in [0.717, 1.165) is 12.0 Å². The van der Waals surface area contributed by atoms with Crippen molar-refractivity contribution in [1.29, 1.82) is 0 Å². The summed E-state index contributed by atoms with van der Waals surface area (Å²) in [4.78, 5) is 12.3. The normalized spacial score (nSPS) is 14.9. The third-order valence-corrected chi connectivity index (χ3v) is 3.44. The van der Waals surface area contributed by atoms with Crippen molar-refractivity contribution in [3.8, 4) is 0 Å². The first kappa shape index (κ1) is 16.7. The van der Waals surface area contributed by atoms with Crippen molar-refractivity contribution in [2.24, 2.45) is 17.1 Å². The number of carbonyl (C=O) groups is 1. The van der Waals surface area contributed by atoms with Gasteiger partial charge in [0, 0.05) is 0 Å². The van der Waals surface area contributed by atoms with Crippen LogP contribution in [-0.4, -0.2) is 11.9 Å². The minimum Gasteiger partial charge on any atom is -0.348 e. The molecular formula is C17H28N2O. The van der Waals surface area contributed by atoms with Crippen LogP contribution < -0.4 is 11.1 Å². The van der Waals surface area contributed by atoms with Gasteiger partial charge in [-0.2, -0.15) is 0 Å². The first-order valence-electron chi connectivity index (χ1n) is 7.32. The molecule has 0 heterocycles. The van der Waals surface area contributed by atoms with Gasteiger partial charge in [-0.1, -0.05) is 65.0 Å². The Morgan fingerprint density at radius 3 is 2.20 bits per heavy atom. The van der Waals surface area contributed by atoms with E-state index >= 15 is 0 Å². The number of amides is 1. The fourth-order valence-corrected chi connectivity index (χ4v) is 2.09. The number of benzene rings is 1. The van der Waals surface area contributed by atoms with E-state index in [2.05, 4.69) is 31.3 Å². The molecule has 0 radical (unpaired) electrons. The second-order valence-corrected chi connectivity index (χ2v) is 6.95. The predicted molar refractivity (Wildman–Crippen MR) is 84.2 cm³/mol. The van der Waals surface area contributed by atoms with Crippen LogP contribution in [0.3, 0.4) is 0 Å². The van der Waals surface area contributed by atoms with E-state index in [-0.39, 0.29) is 17.4 Å². The summed E-state index contributed by atoms with van der Waals surface area (Å²) in [5, 5.41) is 3.11. The van der Waals surface area contributed by atoms with E-state index in [1.54, 1.807) is 0 Å². The van der Waals surface area contributed by atoms with E-state index < -0.39 is 6.04 Å². The van der Waals surface area contributed by atoms with Gasteiger partial charge in [-0.3, -0.25) is 4.79 Å². The van der Waals surface area contributed by atoms with Crippen molar-refractivity contribution in [1.82, 2.24) is 5.32 Å². The summed E-state index contributed by atoms with van der Waals surface area (Å²) in [5.74, 6) is 0.429. The number of carbonyl (C=O) groups excluding carboxylic acids is 1. The average Bonchev–Trinajstić information content (AvgIpc) is 2.36. The molecule has 3 N–H and O–H groups in total. The molecule has 0 fully saturated rings. The minimum atomic E-state index is -0.499. The SMILES string of the molecule is CC(C)CC(NC(=O)C(N)C(C)(C)C)c1ccccc1. The van der Waals surface area contributed by atoms with Gasteiger partial charge >= 0.3 is 0 Å². The lowest BCUT2D eigenvalue weighted by atomic mass is 9.86. The van der Waals surface area contributed by atoms with Gasteiger partial charge in [0.1, 0.15) is 0 Å². The highest BCUT2D eigenvalue weighted by atomic mass is 16.2. The maximum Gasteiger partial charge on any atom is 0.237 e. The molecule has 0 spiro atoms. The molecule has 1 amide bonds. The molecule has 2 unspecified atom stereocenters. The molecule has 0 aliphatic carbocycles. The van der Waals surface area contributed by atoms with Gasteiger partial charge < -0.3 is 11.1 Å². The molecule has 0 bridgehead atoms. The smallest absolute Gasteiger partial charge is 0.237 e. The summed E-state index contributed by atoms with van der Waals surface area (Å²) in [6, 6.07) is 9.61. The molecule has 1 aromatic carbocycles. The maximum atomic E-state index is 12.3. The highest BCUT2D eigenvalue weighted by Crippen LogP contribution is 2.23. The van der Waals surface area contributed by atoms with Crippen LogP contribution >= 0.6 is 0 Å². The molecule has 2 atom stereocenters. The van der Waals surface area contributed by atoms with Gasteiger partial charge in [0.05, 0.1) is 12.1 Å². The zero-order valence-corrected chi connectivity index (χ0v) is 13.3. The standard InChI is InChI=1S/C17H28N2O/c1-12(2)11-14(13-9-7-6-8-10-13)19-16(20)15(18)17(3,4)5/h6-10,12,14-15H,11,18H2,1-5H3,(H,19,20). The van der Waals surface area contributed by atoms with Crippen LogP contribution in [0.25, 0.3) is 0 Å². The highest BCUT2D eigenvalue weighted by Gasteiger charge is 2.29. The summed E-state index contributed by atoms with van der Waals surface area (Å²) >= 11 is 0. The molecule has 0 saturated carbocycles. The molecular weight excluding hydrogens is 248 g/mol. The Hall–Kier alpha value is -1.35. The lowest BCUT2D eigenvalue weighted by molar-refractivity contribution is -0.125. The van der Waals surface area contributed by atoms with Crippen LogP contribution in [0.1, 0.15) is 52.6 Å². The van der Waals surface area contributed by atoms with Gasteiger partial charge in [0.2, 0.25) is 5.91 Å². The monoisotopic (exact) mass is 276 g/mol. The van der Waals surface area contributed by atoms with Gasteiger partial charge in [-0.15, -0.1) is 0 Å². The zero-order valence-electron chi connectivity index (χ0n) is 13.3. The molecule has 20 heavy (non-hydrogen) atoms. The lowest BCUT2D eigenvalue weighted by Crippen LogP contribution is -2.49. The molecule has 0 aliphatic heterocycles. The van der Waals surface area contributed by atoms with Crippen LogP contribution in [0.5, 0.6) is 0 Å². The second-order valence-electron chi connectivity index (χ2n) is 6.95. The van der Waals surface area contributed by atoms with E-state index in [1.807, 2.05) is 39.0 Å². The minimum absolute atomic E-state index is 0.0251. The lowest BCUT2D eigenvalue weighted by Gasteiger charge is -2.29. The fraction of sp³-hybridized carbons (Fsp3) is 0.588. The van der Waals surface area contributed by atoms with Gasteiger partial charge in [-0.05, 0) is 23.3 Å². The van der Waals surface area contributed by atoms with Crippen molar-refractivity contribution in [2.75, 3.05) is 0 Å². The largest absolute Gasteiger partial charge is 0.348 e. The zero-order chi connectivity index (χ0) is 15.3. The molecule has 1 rings (SSSR count).